The van der Waals surface area contributed by atoms with E-state index >= 15 is 0 Å². The lowest BCUT2D eigenvalue weighted by Gasteiger charge is -2.07. The van der Waals surface area contributed by atoms with Gasteiger partial charge in [-0.05, 0) is 42.5 Å². The Bertz CT molecular complexity index is 503. The second-order valence-electron chi connectivity index (χ2n) is 3.50. The van der Waals surface area contributed by atoms with E-state index in [0.717, 1.165) is 14.9 Å². The van der Waals surface area contributed by atoms with Gasteiger partial charge in [0.15, 0.2) is 0 Å². The molecule has 0 aromatic heterocycles. The van der Waals surface area contributed by atoms with E-state index in [1.165, 1.54) is 16.5 Å². The Morgan fingerprint density at radius 1 is 1.14 bits per heavy atom. The molecule has 2 aromatic rings. The molecule has 72 valence electrons. The summed E-state index contributed by atoms with van der Waals surface area (Å²) in [5.74, 6) is 0. The first-order valence-electron chi connectivity index (χ1n) is 4.44. The normalized spacial score (nSPS) is 10.9. The first kappa shape index (κ1) is 10.0. The largest absolute Gasteiger partial charge is 0.0834 e. The van der Waals surface area contributed by atoms with Crippen LogP contribution in [0.1, 0.15) is 11.1 Å². The van der Waals surface area contributed by atoms with Crippen LogP contribution in [0.4, 0.5) is 0 Å². The molecule has 0 saturated heterocycles. The van der Waals surface area contributed by atoms with Crippen molar-refractivity contribution >= 4 is 38.3 Å². The van der Waals surface area contributed by atoms with Crippen LogP contribution in [0.5, 0.6) is 0 Å². The molecular weight excluding hydrogens is 259 g/mol. The van der Waals surface area contributed by atoms with Gasteiger partial charge in [-0.2, -0.15) is 0 Å². The highest BCUT2D eigenvalue weighted by Gasteiger charge is 2.05. The molecule has 0 fully saturated rings. The van der Waals surface area contributed by atoms with Crippen molar-refractivity contribution in [2.45, 2.75) is 13.8 Å². The molecule has 2 rings (SSSR count). The van der Waals surface area contributed by atoms with E-state index in [1.54, 1.807) is 0 Å². The molecule has 2 heteroatoms. The van der Waals surface area contributed by atoms with E-state index in [-0.39, 0.29) is 0 Å². The minimum Gasteiger partial charge on any atom is -0.0834 e. The molecule has 0 N–H and O–H groups in total. The lowest BCUT2D eigenvalue weighted by molar-refractivity contribution is 1.36. The van der Waals surface area contributed by atoms with Crippen LogP contribution in [-0.2, 0) is 0 Å². The van der Waals surface area contributed by atoms with Crippen molar-refractivity contribution in [1.82, 2.24) is 0 Å². The van der Waals surface area contributed by atoms with Gasteiger partial charge in [0.05, 0.1) is 5.02 Å². The Balaban J connectivity index is 2.91. The van der Waals surface area contributed by atoms with Crippen LogP contribution in [-0.4, -0.2) is 0 Å². The fourth-order valence-electron chi connectivity index (χ4n) is 1.57. The summed E-state index contributed by atoms with van der Waals surface area (Å²) in [6.07, 6.45) is 0. The zero-order valence-corrected chi connectivity index (χ0v) is 10.4. The third-order valence-electron chi connectivity index (χ3n) is 2.54. The summed E-state index contributed by atoms with van der Waals surface area (Å²) in [6, 6.07) is 8.33. The van der Waals surface area contributed by atoms with Crippen LogP contribution in [0, 0.1) is 13.8 Å². The molecule has 0 spiro atoms. The molecule has 0 amide bonds. The second kappa shape index (κ2) is 3.56. The van der Waals surface area contributed by atoms with Crippen LogP contribution in [0.15, 0.2) is 28.7 Å². The summed E-state index contributed by atoms with van der Waals surface area (Å²) < 4.78 is 1.09. The number of fused-ring (bicyclic) bond motifs is 1. The van der Waals surface area contributed by atoms with E-state index < -0.39 is 0 Å². The van der Waals surface area contributed by atoms with Gasteiger partial charge in [0.2, 0.25) is 0 Å². The van der Waals surface area contributed by atoms with Crippen LogP contribution in [0.25, 0.3) is 10.8 Å². The fourth-order valence-corrected chi connectivity index (χ4v) is 2.27. The average Bonchev–Trinajstić information content (AvgIpc) is 2.14. The van der Waals surface area contributed by atoms with Gasteiger partial charge in [-0.1, -0.05) is 39.7 Å². The maximum absolute atomic E-state index is 6.27. The maximum Gasteiger partial charge on any atom is 0.0516 e. The number of aryl methyl sites for hydroxylation is 1. The van der Waals surface area contributed by atoms with Crippen molar-refractivity contribution in [3.63, 3.8) is 0 Å². The molecule has 0 saturated carbocycles. The van der Waals surface area contributed by atoms with Crippen molar-refractivity contribution in [3.8, 4) is 0 Å². The standard InChI is InChI=1S/C12H10BrCl/c1-7-5-9-6-10(13)3-4-11(9)12(14)8(7)2/h3-6H,1-2H3. The molecule has 2 aromatic carbocycles. The predicted molar refractivity (Wildman–Crippen MR) is 66.1 cm³/mol. The van der Waals surface area contributed by atoms with Crippen molar-refractivity contribution < 1.29 is 0 Å². The third kappa shape index (κ3) is 1.55. The van der Waals surface area contributed by atoms with Gasteiger partial charge in [0, 0.05) is 9.86 Å². The second-order valence-corrected chi connectivity index (χ2v) is 4.79. The van der Waals surface area contributed by atoms with Crippen molar-refractivity contribution in [2.24, 2.45) is 0 Å². The highest BCUT2D eigenvalue weighted by Crippen LogP contribution is 2.31. The maximum atomic E-state index is 6.27. The number of benzene rings is 2. The van der Waals surface area contributed by atoms with E-state index in [9.17, 15) is 0 Å². The van der Waals surface area contributed by atoms with E-state index in [2.05, 4.69) is 41.9 Å². The zero-order valence-electron chi connectivity index (χ0n) is 8.07. The van der Waals surface area contributed by atoms with Crippen LogP contribution >= 0.6 is 27.5 Å². The first-order chi connectivity index (χ1) is 6.59. The summed E-state index contributed by atoms with van der Waals surface area (Å²) in [6.45, 7) is 4.14. The molecule has 0 radical (unpaired) electrons. The van der Waals surface area contributed by atoms with Crippen LogP contribution in [0.2, 0.25) is 5.02 Å². The van der Waals surface area contributed by atoms with E-state index in [4.69, 9.17) is 11.6 Å². The van der Waals surface area contributed by atoms with Gasteiger partial charge in [0.1, 0.15) is 0 Å². The fraction of sp³-hybridized carbons (Fsp3) is 0.167. The predicted octanol–water partition coefficient (Wildman–Crippen LogP) is 4.87. The summed E-state index contributed by atoms with van der Waals surface area (Å²) in [4.78, 5) is 0. The number of hydrogen-bond acceptors (Lipinski definition) is 0. The molecule has 0 aliphatic heterocycles. The molecule has 14 heavy (non-hydrogen) atoms. The van der Waals surface area contributed by atoms with Gasteiger partial charge in [-0.15, -0.1) is 0 Å². The van der Waals surface area contributed by atoms with E-state index in [0.29, 0.717) is 0 Å². The molecule has 0 bridgehead atoms. The van der Waals surface area contributed by atoms with Crippen LogP contribution < -0.4 is 0 Å². The van der Waals surface area contributed by atoms with Gasteiger partial charge >= 0.3 is 0 Å². The van der Waals surface area contributed by atoms with Gasteiger partial charge in [0.25, 0.3) is 0 Å². The summed E-state index contributed by atoms with van der Waals surface area (Å²) in [5, 5.41) is 3.18. The highest BCUT2D eigenvalue weighted by molar-refractivity contribution is 9.10. The Labute approximate surface area is 97.0 Å². The van der Waals surface area contributed by atoms with E-state index in [1.807, 2.05) is 12.1 Å². The highest BCUT2D eigenvalue weighted by atomic mass is 79.9. The average molecular weight is 270 g/mol. The van der Waals surface area contributed by atoms with Crippen molar-refractivity contribution in [2.75, 3.05) is 0 Å². The smallest absolute Gasteiger partial charge is 0.0516 e. The minimum atomic E-state index is 0.868. The van der Waals surface area contributed by atoms with Crippen molar-refractivity contribution in [3.05, 3.63) is 44.9 Å². The number of halogens is 2. The molecule has 0 aliphatic carbocycles. The molecule has 0 aliphatic rings. The molecule has 0 nitrogen and oxygen atoms in total. The number of hydrogen-bond donors (Lipinski definition) is 0. The molecular formula is C12H10BrCl. The van der Waals surface area contributed by atoms with Crippen molar-refractivity contribution in [1.29, 1.82) is 0 Å². The Hall–Kier alpha value is -0.530. The van der Waals surface area contributed by atoms with Gasteiger partial charge in [-0.25, -0.2) is 0 Å². The van der Waals surface area contributed by atoms with Gasteiger partial charge in [-0.3, -0.25) is 0 Å². The summed E-state index contributed by atoms with van der Waals surface area (Å²) in [7, 11) is 0. The SMILES string of the molecule is Cc1cc2cc(Br)ccc2c(Cl)c1C. The quantitative estimate of drug-likeness (QED) is 0.640. The monoisotopic (exact) mass is 268 g/mol. The molecule has 0 heterocycles. The Morgan fingerprint density at radius 3 is 2.57 bits per heavy atom. The molecule has 0 atom stereocenters. The Morgan fingerprint density at radius 2 is 1.86 bits per heavy atom. The molecule has 0 unspecified atom stereocenters. The zero-order chi connectivity index (χ0) is 10.3. The Kier molecular flexibility index (Phi) is 2.54. The summed E-state index contributed by atoms with van der Waals surface area (Å²) >= 11 is 9.73. The lowest BCUT2D eigenvalue weighted by Crippen LogP contribution is -1.84. The van der Waals surface area contributed by atoms with Gasteiger partial charge < -0.3 is 0 Å². The van der Waals surface area contributed by atoms with Crippen LogP contribution in [0.3, 0.4) is 0 Å². The third-order valence-corrected chi connectivity index (χ3v) is 3.52. The topological polar surface area (TPSA) is 0 Å². The first-order valence-corrected chi connectivity index (χ1v) is 5.61. The minimum absolute atomic E-state index is 0.868. The summed E-state index contributed by atoms with van der Waals surface area (Å²) in [5.41, 5.74) is 2.40. The number of rotatable bonds is 0. The lowest BCUT2D eigenvalue weighted by atomic mass is 10.0.